The normalized spacial score (nSPS) is 10.1. The molecular formula is C23H17N5. The molecule has 0 aliphatic carbocycles. The number of hydrogen-bond donors (Lipinski definition) is 1. The summed E-state index contributed by atoms with van der Waals surface area (Å²) in [6.45, 7) is 0. The quantitative estimate of drug-likeness (QED) is 0.303. The van der Waals surface area contributed by atoms with E-state index in [1.165, 1.54) is 5.01 Å². The maximum atomic E-state index is 9.70. The predicted octanol–water partition coefficient (Wildman–Crippen LogP) is 5.13. The lowest BCUT2D eigenvalue weighted by Crippen LogP contribution is -2.26. The Hall–Kier alpha value is -4.17. The van der Waals surface area contributed by atoms with Gasteiger partial charge in [-0.3, -0.25) is 5.43 Å². The van der Waals surface area contributed by atoms with Crippen molar-refractivity contribution in [1.82, 2.24) is 9.97 Å². The van der Waals surface area contributed by atoms with Crippen molar-refractivity contribution in [3.63, 3.8) is 0 Å². The maximum absolute atomic E-state index is 9.70. The van der Waals surface area contributed by atoms with Crippen LogP contribution in [-0.4, -0.2) is 9.97 Å². The van der Waals surface area contributed by atoms with Gasteiger partial charge in [0.1, 0.15) is 0 Å². The van der Waals surface area contributed by atoms with Crippen LogP contribution in [0.25, 0.3) is 22.5 Å². The molecular weight excluding hydrogens is 346 g/mol. The Labute approximate surface area is 163 Å². The summed E-state index contributed by atoms with van der Waals surface area (Å²) in [4.78, 5) is 9.25. The highest BCUT2D eigenvalue weighted by molar-refractivity contribution is 5.70. The van der Waals surface area contributed by atoms with Gasteiger partial charge < -0.3 is 0 Å². The highest BCUT2D eigenvalue weighted by atomic mass is 15.5. The molecule has 0 fully saturated rings. The number of hydrogen-bond acceptors (Lipinski definition) is 5. The Balaban J connectivity index is 1.80. The van der Waals surface area contributed by atoms with Gasteiger partial charge in [0.2, 0.25) is 6.19 Å². The van der Waals surface area contributed by atoms with Gasteiger partial charge >= 0.3 is 0 Å². The van der Waals surface area contributed by atoms with Crippen molar-refractivity contribution in [2.75, 3.05) is 10.4 Å². The molecule has 5 heteroatoms. The van der Waals surface area contributed by atoms with Crippen LogP contribution in [0, 0.1) is 11.5 Å². The van der Waals surface area contributed by atoms with Crippen LogP contribution in [0.3, 0.4) is 0 Å². The topological polar surface area (TPSA) is 64.8 Å². The van der Waals surface area contributed by atoms with Gasteiger partial charge in [-0.2, -0.15) is 10.3 Å². The van der Waals surface area contributed by atoms with E-state index in [0.29, 0.717) is 0 Å². The third-order valence-corrected chi connectivity index (χ3v) is 4.17. The van der Waals surface area contributed by atoms with E-state index in [4.69, 9.17) is 0 Å². The summed E-state index contributed by atoms with van der Waals surface area (Å²) in [5.74, 6) is 0.284. The molecule has 0 saturated carbocycles. The van der Waals surface area contributed by atoms with Gasteiger partial charge in [0.25, 0.3) is 5.95 Å². The van der Waals surface area contributed by atoms with Gasteiger partial charge in [0, 0.05) is 11.1 Å². The van der Waals surface area contributed by atoms with Crippen LogP contribution in [0.5, 0.6) is 0 Å². The highest BCUT2D eigenvalue weighted by Gasteiger charge is 2.14. The summed E-state index contributed by atoms with van der Waals surface area (Å²) in [7, 11) is 0. The van der Waals surface area contributed by atoms with Crippen molar-refractivity contribution in [3.8, 4) is 28.7 Å². The predicted molar refractivity (Wildman–Crippen MR) is 111 cm³/mol. The Morgan fingerprint density at radius 2 is 1.14 bits per heavy atom. The first-order chi connectivity index (χ1) is 13.8. The Kier molecular flexibility index (Phi) is 4.94. The third-order valence-electron chi connectivity index (χ3n) is 4.17. The highest BCUT2D eigenvalue weighted by Crippen LogP contribution is 2.26. The van der Waals surface area contributed by atoms with Gasteiger partial charge in [0.15, 0.2) is 0 Å². The number of nitrogens with zero attached hydrogens (tertiary/aromatic N) is 4. The molecule has 0 spiro atoms. The zero-order valence-electron chi connectivity index (χ0n) is 15.0. The second-order valence-corrected chi connectivity index (χ2v) is 6.08. The summed E-state index contributed by atoms with van der Waals surface area (Å²) in [5.41, 5.74) is 7.24. The Bertz CT molecular complexity index is 1030. The molecule has 0 saturated heterocycles. The zero-order valence-corrected chi connectivity index (χ0v) is 15.0. The zero-order chi connectivity index (χ0) is 19.2. The SMILES string of the molecule is N#CN(Nc1ccccc1)c1nc(-c2ccccc2)cc(-c2ccccc2)n1. The molecule has 0 aliphatic rings. The fourth-order valence-corrected chi connectivity index (χ4v) is 2.81. The standard InChI is InChI=1S/C23H17N5/c24-17-28(27-20-14-8-3-9-15-20)23-25-21(18-10-4-1-5-11-18)16-22(26-23)19-12-6-2-7-13-19/h1-16,27H. The number of nitrogens with one attached hydrogen (secondary N) is 1. The minimum Gasteiger partial charge on any atom is -0.282 e. The molecule has 0 radical (unpaired) electrons. The Morgan fingerprint density at radius 3 is 1.61 bits per heavy atom. The Morgan fingerprint density at radius 1 is 0.679 bits per heavy atom. The van der Waals surface area contributed by atoms with Crippen LogP contribution in [0.4, 0.5) is 11.6 Å². The average molecular weight is 363 g/mol. The second kappa shape index (κ2) is 8.02. The maximum Gasteiger partial charge on any atom is 0.259 e. The lowest BCUT2D eigenvalue weighted by atomic mass is 10.1. The van der Waals surface area contributed by atoms with Crippen molar-refractivity contribution < 1.29 is 0 Å². The number of rotatable bonds is 5. The first-order valence-corrected chi connectivity index (χ1v) is 8.85. The molecule has 0 aliphatic heterocycles. The number of anilines is 2. The van der Waals surface area contributed by atoms with E-state index in [1.54, 1.807) is 0 Å². The molecule has 4 rings (SSSR count). The van der Waals surface area contributed by atoms with Crippen LogP contribution in [0.2, 0.25) is 0 Å². The molecule has 0 unspecified atom stereocenters. The van der Waals surface area contributed by atoms with Crippen LogP contribution in [-0.2, 0) is 0 Å². The lowest BCUT2D eigenvalue weighted by molar-refractivity contribution is 1.03. The van der Waals surface area contributed by atoms with Gasteiger partial charge in [-0.05, 0) is 18.2 Å². The first kappa shape index (κ1) is 17.3. The van der Waals surface area contributed by atoms with E-state index in [1.807, 2.05) is 97.1 Å². The number of hydrazine groups is 1. The number of benzene rings is 3. The van der Waals surface area contributed by atoms with Crippen molar-refractivity contribution >= 4 is 11.6 Å². The fraction of sp³-hybridized carbons (Fsp3) is 0. The molecule has 134 valence electrons. The molecule has 5 nitrogen and oxygen atoms in total. The minimum atomic E-state index is 0.284. The second-order valence-electron chi connectivity index (χ2n) is 6.08. The lowest BCUT2D eigenvalue weighted by Gasteiger charge is -2.17. The summed E-state index contributed by atoms with van der Waals surface area (Å²) >= 11 is 0. The molecule has 1 N–H and O–H groups in total. The van der Waals surface area contributed by atoms with Crippen LogP contribution >= 0.6 is 0 Å². The molecule has 4 aromatic rings. The summed E-state index contributed by atoms with van der Waals surface area (Å²) in [5, 5.41) is 11.0. The molecule has 1 heterocycles. The van der Waals surface area contributed by atoms with E-state index in [2.05, 4.69) is 21.6 Å². The van der Waals surface area contributed by atoms with Crippen LogP contribution in [0.1, 0.15) is 0 Å². The van der Waals surface area contributed by atoms with Crippen molar-refractivity contribution in [3.05, 3.63) is 97.1 Å². The van der Waals surface area contributed by atoms with Crippen LogP contribution < -0.4 is 10.4 Å². The fourth-order valence-electron chi connectivity index (χ4n) is 2.81. The molecule has 0 bridgehead atoms. The molecule has 28 heavy (non-hydrogen) atoms. The van der Waals surface area contributed by atoms with E-state index in [9.17, 15) is 5.26 Å². The molecule has 1 aromatic heterocycles. The molecule has 0 amide bonds. The number of aromatic nitrogens is 2. The van der Waals surface area contributed by atoms with Gasteiger partial charge in [-0.15, -0.1) is 0 Å². The summed E-state index contributed by atoms with van der Waals surface area (Å²) in [6.07, 6.45) is 2.12. The van der Waals surface area contributed by atoms with Crippen molar-refractivity contribution in [1.29, 1.82) is 5.26 Å². The van der Waals surface area contributed by atoms with Crippen molar-refractivity contribution in [2.24, 2.45) is 0 Å². The first-order valence-electron chi connectivity index (χ1n) is 8.85. The smallest absolute Gasteiger partial charge is 0.259 e. The van der Waals surface area contributed by atoms with E-state index in [0.717, 1.165) is 28.2 Å². The molecule has 0 atom stereocenters. The number of para-hydroxylation sites is 1. The van der Waals surface area contributed by atoms with Crippen LogP contribution in [0.15, 0.2) is 97.1 Å². The van der Waals surface area contributed by atoms with E-state index >= 15 is 0 Å². The van der Waals surface area contributed by atoms with E-state index in [-0.39, 0.29) is 5.95 Å². The molecule has 3 aromatic carbocycles. The van der Waals surface area contributed by atoms with E-state index < -0.39 is 0 Å². The summed E-state index contributed by atoms with van der Waals surface area (Å²) in [6, 6.07) is 31.1. The van der Waals surface area contributed by atoms with Gasteiger partial charge in [-0.25, -0.2) is 9.97 Å². The van der Waals surface area contributed by atoms with Crippen molar-refractivity contribution in [2.45, 2.75) is 0 Å². The number of nitriles is 1. The monoisotopic (exact) mass is 363 g/mol. The van der Waals surface area contributed by atoms with Gasteiger partial charge in [-0.1, -0.05) is 78.9 Å². The average Bonchev–Trinajstić information content (AvgIpc) is 2.79. The largest absolute Gasteiger partial charge is 0.282 e. The summed E-state index contributed by atoms with van der Waals surface area (Å²) < 4.78 is 0. The third kappa shape index (κ3) is 3.81. The van der Waals surface area contributed by atoms with Gasteiger partial charge in [0.05, 0.1) is 17.1 Å². The minimum absolute atomic E-state index is 0.284.